The fraction of sp³-hybridized carbons (Fsp3) is 0.467. The quantitative estimate of drug-likeness (QED) is 0.820. The van der Waals surface area contributed by atoms with Crippen molar-refractivity contribution in [2.24, 2.45) is 4.99 Å². The number of amides is 1. The minimum absolute atomic E-state index is 0.306. The number of carbonyl (C=O) groups excluding carboxylic acids is 1. The minimum atomic E-state index is -0.475. The number of hydrogen-bond acceptors (Lipinski definition) is 3. The van der Waals surface area contributed by atoms with Crippen LogP contribution in [0.1, 0.15) is 26.3 Å². The van der Waals surface area contributed by atoms with Crippen LogP contribution in [-0.4, -0.2) is 35.5 Å². The van der Waals surface area contributed by atoms with E-state index < -0.39 is 5.60 Å². The summed E-state index contributed by atoms with van der Waals surface area (Å²) in [6.07, 6.45) is 0.361. The predicted octanol–water partition coefficient (Wildman–Crippen LogP) is 2.88. The van der Waals surface area contributed by atoms with Crippen molar-refractivity contribution in [3.05, 3.63) is 35.9 Å². The van der Waals surface area contributed by atoms with Crippen LogP contribution in [0.5, 0.6) is 0 Å². The summed E-state index contributed by atoms with van der Waals surface area (Å²) >= 11 is 0. The maximum atomic E-state index is 12.1. The fourth-order valence-electron chi connectivity index (χ4n) is 1.94. The fourth-order valence-corrected chi connectivity index (χ4v) is 1.94. The highest BCUT2D eigenvalue weighted by Crippen LogP contribution is 2.14. The molecule has 1 aliphatic rings. The van der Waals surface area contributed by atoms with Crippen LogP contribution >= 0.6 is 0 Å². The molecule has 4 nitrogen and oxygen atoms in total. The smallest absolute Gasteiger partial charge is 0.415 e. The van der Waals surface area contributed by atoms with Crippen LogP contribution in [0, 0.1) is 0 Å². The van der Waals surface area contributed by atoms with E-state index in [0.29, 0.717) is 19.5 Å². The number of nitrogens with zero attached hydrogens (tertiary/aromatic N) is 2. The van der Waals surface area contributed by atoms with E-state index >= 15 is 0 Å². The summed E-state index contributed by atoms with van der Waals surface area (Å²) in [6, 6.07) is 10.0. The second kappa shape index (κ2) is 5.43. The van der Waals surface area contributed by atoms with Crippen molar-refractivity contribution in [3.8, 4) is 0 Å². The number of amidine groups is 1. The maximum absolute atomic E-state index is 12.1. The van der Waals surface area contributed by atoms with E-state index in [1.165, 1.54) is 0 Å². The first kappa shape index (κ1) is 13.6. The molecule has 0 unspecified atom stereocenters. The third-order valence-electron chi connectivity index (χ3n) is 2.75. The molecule has 0 atom stereocenters. The van der Waals surface area contributed by atoms with E-state index in [2.05, 4.69) is 4.99 Å². The number of benzene rings is 1. The summed E-state index contributed by atoms with van der Waals surface area (Å²) in [7, 11) is 0. The first-order valence-electron chi connectivity index (χ1n) is 6.53. The molecule has 4 heteroatoms. The highest BCUT2D eigenvalue weighted by atomic mass is 16.6. The van der Waals surface area contributed by atoms with Crippen LogP contribution in [0.15, 0.2) is 35.3 Å². The van der Waals surface area contributed by atoms with Gasteiger partial charge in [0.2, 0.25) is 0 Å². The molecule has 0 radical (unpaired) electrons. The van der Waals surface area contributed by atoms with Crippen molar-refractivity contribution < 1.29 is 9.53 Å². The first-order valence-corrected chi connectivity index (χ1v) is 6.53. The lowest BCUT2D eigenvalue weighted by Gasteiger charge is -2.25. The molecule has 0 spiro atoms. The van der Waals surface area contributed by atoms with E-state index in [-0.39, 0.29) is 6.09 Å². The summed E-state index contributed by atoms with van der Waals surface area (Å²) < 4.78 is 5.40. The Bertz CT molecular complexity index is 475. The van der Waals surface area contributed by atoms with Gasteiger partial charge in [-0.1, -0.05) is 30.3 Å². The average Bonchev–Trinajstić information content (AvgIpc) is 2.76. The molecule has 0 N–H and O–H groups in total. The van der Waals surface area contributed by atoms with Gasteiger partial charge in [0.1, 0.15) is 11.4 Å². The van der Waals surface area contributed by atoms with Crippen LogP contribution in [0.3, 0.4) is 0 Å². The van der Waals surface area contributed by atoms with Gasteiger partial charge in [0.25, 0.3) is 0 Å². The van der Waals surface area contributed by atoms with Gasteiger partial charge in [-0.3, -0.25) is 9.89 Å². The molecule has 1 aromatic carbocycles. The first-order chi connectivity index (χ1) is 8.96. The Kier molecular flexibility index (Phi) is 3.88. The van der Waals surface area contributed by atoms with Gasteiger partial charge in [0, 0.05) is 6.42 Å². The molecule has 1 aliphatic heterocycles. The molecular formula is C15H20N2O2. The molecule has 0 saturated heterocycles. The molecule has 102 valence electrons. The van der Waals surface area contributed by atoms with Crippen molar-refractivity contribution >= 4 is 11.9 Å². The van der Waals surface area contributed by atoms with Gasteiger partial charge in [0.15, 0.2) is 0 Å². The molecule has 0 aliphatic carbocycles. The highest BCUT2D eigenvalue weighted by Gasteiger charge is 2.28. The maximum Gasteiger partial charge on any atom is 0.415 e. The lowest BCUT2D eigenvalue weighted by atomic mass is 10.1. The van der Waals surface area contributed by atoms with Crippen molar-refractivity contribution in [3.63, 3.8) is 0 Å². The number of carbonyl (C=O) groups is 1. The molecule has 1 amide bonds. The van der Waals surface area contributed by atoms with E-state index in [1.54, 1.807) is 4.90 Å². The second-order valence-corrected chi connectivity index (χ2v) is 5.59. The van der Waals surface area contributed by atoms with E-state index in [4.69, 9.17) is 4.74 Å². The normalized spacial score (nSPS) is 15.3. The number of aliphatic imine (C=N–C) groups is 1. The van der Waals surface area contributed by atoms with Crippen LogP contribution in [0.25, 0.3) is 0 Å². The lowest BCUT2D eigenvalue weighted by Crippen LogP contribution is -2.39. The second-order valence-electron chi connectivity index (χ2n) is 5.59. The average molecular weight is 260 g/mol. The van der Waals surface area contributed by atoms with Gasteiger partial charge in [-0.15, -0.1) is 0 Å². The van der Waals surface area contributed by atoms with Gasteiger partial charge < -0.3 is 4.74 Å². The zero-order valence-electron chi connectivity index (χ0n) is 11.7. The summed E-state index contributed by atoms with van der Waals surface area (Å²) in [5, 5.41) is 0. The molecule has 2 rings (SSSR count). The van der Waals surface area contributed by atoms with Crippen LogP contribution < -0.4 is 0 Å². The Balaban J connectivity index is 2.03. The Morgan fingerprint density at radius 1 is 1.32 bits per heavy atom. The molecule has 1 heterocycles. The van der Waals surface area contributed by atoms with Crippen LogP contribution in [-0.2, 0) is 11.2 Å². The van der Waals surface area contributed by atoms with Gasteiger partial charge in [-0.05, 0) is 26.3 Å². The van der Waals surface area contributed by atoms with Crippen molar-refractivity contribution in [1.29, 1.82) is 0 Å². The topological polar surface area (TPSA) is 41.9 Å². The summed E-state index contributed by atoms with van der Waals surface area (Å²) in [4.78, 5) is 18.1. The zero-order valence-corrected chi connectivity index (χ0v) is 11.7. The third kappa shape index (κ3) is 3.81. The zero-order chi connectivity index (χ0) is 13.9. The van der Waals surface area contributed by atoms with Gasteiger partial charge in [-0.2, -0.15) is 0 Å². The van der Waals surface area contributed by atoms with E-state index in [1.807, 2.05) is 51.1 Å². The molecule has 0 saturated carbocycles. The standard InChI is InChI=1S/C15H20N2O2/c1-15(2,3)19-14(18)17-10-9-16-13(17)11-12-7-5-4-6-8-12/h4-8H,9-11H2,1-3H3. The van der Waals surface area contributed by atoms with E-state index in [9.17, 15) is 4.79 Å². The Morgan fingerprint density at radius 2 is 2.00 bits per heavy atom. The molecule has 1 aromatic rings. The van der Waals surface area contributed by atoms with Gasteiger partial charge in [0.05, 0.1) is 13.1 Å². The summed E-state index contributed by atoms with van der Waals surface area (Å²) in [6.45, 7) is 6.87. The number of rotatable bonds is 2. The van der Waals surface area contributed by atoms with Crippen LogP contribution in [0.2, 0.25) is 0 Å². The molecule has 19 heavy (non-hydrogen) atoms. The minimum Gasteiger partial charge on any atom is -0.443 e. The van der Waals surface area contributed by atoms with Gasteiger partial charge in [-0.25, -0.2) is 4.79 Å². The van der Waals surface area contributed by atoms with Crippen LogP contribution in [0.4, 0.5) is 4.79 Å². The molecular weight excluding hydrogens is 240 g/mol. The highest BCUT2D eigenvalue weighted by molar-refractivity contribution is 5.97. The Hall–Kier alpha value is -1.84. The Morgan fingerprint density at radius 3 is 2.63 bits per heavy atom. The molecule has 0 aromatic heterocycles. The SMILES string of the molecule is CC(C)(C)OC(=O)N1CCN=C1Cc1ccccc1. The summed E-state index contributed by atoms with van der Waals surface area (Å²) in [5.41, 5.74) is 0.675. The van der Waals surface area contributed by atoms with Gasteiger partial charge >= 0.3 is 6.09 Å². The predicted molar refractivity (Wildman–Crippen MR) is 75.4 cm³/mol. The van der Waals surface area contributed by atoms with Crippen molar-refractivity contribution in [2.45, 2.75) is 32.8 Å². The van der Waals surface area contributed by atoms with E-state index in [0.717, 1.165) is 11.4 Å². The largest absolute Gasteiger partial charge is 0.443 e. The Labute approximate surface area is 114 Å². The number of hydrogen-bond donors (Lipinski definition) is 0. The van der Waals surface area contributed by atoms with Crippen molar-refractivity contribution in [1.82, 2.24) is 4.90 Å². The third-order valence-corrected chi connectivity index (χ3v) is 2.75. The monoisotopic (exact) mass is 260 g/mol. The van der Waals surface area contributed by atoms with Crippen molar-refractivity contribution in [2.75, 3.05) is 13.1 Å². The molecule has 0 bridgehead atoms. The summed E-state index contributed by atoms with van der Waals surface area (Å²) in [5.74, 6) is 0.792. The number of ether oxygens (including phenoxy) is 1. The lowest BCUT2D eigenvalue weighted by molar-refractivity contribution is 0.0382. The molecule has 0 fully saturated rings.